The molecule has 1 amide bonds. The molecule has 1 aliphatic rings. The summed E-state index contributed by atoms with van der Waals surface area (Å²) in [5, 5.41) is 1.06. The number of carbonyl (C=O) groups is 1. The van der Waals surface area contributed by atoms with E-state index in [4.69, 9.17) is 4.42 Å². The zero-order chi connectivity index (χ0) is 22.1. The normalized spacial score (nSPS) is 17.6. The molecule has 5 rings (SSSR count). The first-order valence-electron chi connectivity index (χ1n) is 10.7. The van der Waals surface area contributed by atoms with Crippen LogP contribution in [0.2, 0.25) is 0 Å². The molecule has 0 N–H and O–H groups in total. The molecule has 1 fully saturated rings. The predicted octanol–water partition coefficient (Wildman–Crippen LogP) is 4.12. The summed E-state index contributed by atoms with van der Waals surface area (Å²) in [5.74, 6) is 0.629. The first-order chi connectivity index (χ1) is 15.5. The minimum Gasteiger partial charge on any atom is -0.467 e. The predicted molar refractivity (Wildman–Crippen MR) is 124 cm³/mol. The summed E-state index contributed by atoms with van der Waals surface area (Å²) in [6.07, 6.45) is 2.02. The molecule has 0 spiro atoms. The van der Waals surface area contributed by atoms with E-state index < -0.39 is 9.84 Å². The first kappa shape index (κ1) is 20.6. The number of para-hydroxylation sites is 1. The van der Waals surface area contributed by atoms with Gasteiger partial charge < -0.3 is 13.9 Å². The number of benzene rings is 2. The maximum Gasteiger partial charge on any atom is 0.243 e. The second kappa shape index (κ2) is 8.31. The van der Waals surface area contributed by atoms with Gasteiger partial charge in [-0.25, -0.2) is 8.42 Å². The van der Waals surface area contributed by atoms with E-state index in [2.05, 4.69) is 6.07 Å². The molecule has 0 radical (unpaired) electrons. The number of aromatic nitrogens is 1. The van der Waals surface area contributed by atoms with E-state index in [1.54, 1.807) is 17.2 Å². The van der Waals surface area contributed by atoms with Gasteiger partial charge in [-0.1, -0.05) is 48.5 Å². The van der Waals surface area contributed by atoms with Gasteiger partial charge in [-0.3, -0.25) is 4.79 Å². The number of hydrogen-bond donors (Lipinski definition) is 0. The minimum absolute atomic E-state index is 0.00256. The zero-order valence-corrected chi connectivity index (χ0v) is 18.4. The summed E-state index contributed by atoms with van der Waals surface area (Å²) in [6.45, 7) is 0.376. The fraction of sp³-hybridized carbons (Fsp3) is 0.240. The van der Waals surface area contributed by atoms with E-state index >= 15 is 0 Å². The van der Waals surface area contributed by atoms with Gasteiger partial charge in [0.25, 0.3) is 0 Å². The second-order valence-corrected chi connectivity index (χ2v) is 10.4. The van der Waals surface area contributed by atoms with Crippen LogP contribution in [0, 0.1) is 0 Å². The summed E-state index contributed by atoms with van der Waals surface area (Å²) in [4.78, 5) is 15.3. The van der Waals surface area contributed by atoms with Crippen molar-refractivity contribution in [1.82, 2.24) is 9.47 Å². The number of fused-ring (bicyclic) bond motifs is 1. The average molecular weight is 449 g/mol. The van der Waals surface area contributed by atoms with E-state index in [0.717, 1.165) is 22.2 Å². The van der Waals surface area contributed by atoms with E-state index in [9.17, 15) is 13.2 Å². The van der Waals surface area contributed by atoms with Crippen molar-refractivity contribution in [1.29, 1.82) is 0 Å². The van der Waals surface area contributed by atoms with Crippen molar-refractivity contribution in [3.8, 4) is 11.3 Å². The van der Waals surface area contributed by atoms with Crippen LogP contribution in [0.4, 0.5) is 0 Å². The lowest BCUT2D eigenvalue weighted by Crippen LogP contribution is -2.42. The maximum absolute atomic E-state index is 13.6. The summed E-state index contributed by atoms with van der Waals surface area (Å²) in [5.41, 5.74) is 2.95. The van der Waals surface area contributed by atoms with Crippen molar-refractivity contribution < 1.29 is 17.6 Å². The number of rotatable bonds is 6. The van der Waals surface area contributed by atoms with Crippen molar-refractivity contribution in [2.75, 3.05) is 11.5 Å². The molecule has 2 aromatic heterocycles. The summed E-state index contributed by atoms with van der Waals surface area (Å²) >= 11 is 0. The molecule has 0 bridgehead atoms. The Bertz CT molecular complexity index is 1340. The van der Waals surface area contributed by atoms with E-state index in [-0.39, 0.29) is 36.5 Å². The van der Waals surface area contributed by atoms with Gasteiger partial charge in [0.15, 0.2) is 9.84 Å². The van der Waals surface area contributed by atoms with Crippen LogP contribution in [0.3, 0.4) is 0 Å². The average Bonchev–Trinajstić information content (AvgIpc) is 3.52. The summed E-state index contributed by atoms with van der Waals surface area (Å²) in [6, 6.07) is 23.3. The van der Waals surface area contributed by atoms with Gasteiger partial charge >= 0.3 is 0 Å². The van der Waals surface area contributed by atoms with Crippen molar-refractivity contribution in [3.63, 3.8) is 0 Å². The SMILES string of the molecule is O=C(Cn1c(-c2ccccc2)cc2ccccc21)N(Cc1ccco1)[C@@H]1CCS(=O)(=O)C1. The fourth-order valence-electron chi connectivity index (χ4n) is 4.47. The lowest BCUT2D eigenvalue weighted by molar-refractivity contribution is -0.134. The highest BCUT2D eigenvalue weighted by molar-refractivity contribution is 7.91. The van der Waals surface area contributed by atoms with Crippen molar-refractivity contribution in [3.05, 3.63) is 84.8 Å². The molecule has 0 unspecified atom stereocenters. The van der Waals surface area contributed by atoms with Crippen LogP contribution in [-0.2, 0) is 27.7 Å². The van der Waals surface area contributed by atoms with Crippen molar-refractivity contribution in [2.24, 2.45) is 0 Å². The smallest absolute Gasteiger partial charge is 0.243 e. The Morgan fingerprint density at radius 1 is 1.03 bits per heavy atom. The Morgan fingerprint density at radius 2 is 1.81 bits per heavy atom. The molecular formula is C25H24N2O4S. The van der Waals surface area contributed by atoms with Crippen LogP contribution in [0.5, 0.6) is 0 Å². The van der Waals surface area contributed by atoms with E-state index in [1.807, 2.05) is 65.2 Å². The number of furan rings is 1. The molecule has 0 saturated carbocycles. The van der Waals surface area contributed by atoms with Crippen LogP contribution in [0.1, 0.15) is 12.2 Å². The van der Waals surface area contributed by atoms with Gasteiger partial charge in [0.2, 0.25) is 5.91 Å². The summed E-state index contributed by atoms with van der Waals surface area (Å²) in [7, 11) is -3.13. The van der Waals surface area contributed by atoms with Gasteiger partial charge in [0.05, 0.1) is 24.3 Å². The largest absolute Gasteiger partial charge is 0.467 e. The number of carbonyl (C=O) groups excluding carboxylic acids is 1. The molecule has 6 nitrogen and oxygen atoms in total. The van der Waals surface area contributed by atoms with Crippen LogP contribution in [0.15, 0.2) is 83.5 Å². The third-order valence-electron chi connectivity index (χ3n) is 6.05. The van der Waals surface area contributed by atoms with Gasteiger partial charge in [0, 0.05) is 22.6 Å². The van der Waals surface area contributed by atoms with Gasteiger partial charge in [-0.05, 0) is 36.2 Å². The number of sulfone groups is 1. The monoisotopic (exact) mass is 448 g/mol. The Kier molecular flexibility index (Phi) is 5.35. The molecule has 0 aliphatic carbocycles. The molecular weight excluding hydrogens is 424 g/mol. The molecule has 164 valence electrons. The number of amides is 1. The summed E-state index contributed by atoms with van der Waals surface area (Å²) < 4.78 is 31.8. The molecule has 4 aromatic rings. The Balaban J connectivity index is 1.52. The molecule has 1 saturated heterocycles. The van der Waals surface area contributed by atoms with Crippen LogP contribution >= 0.6 is 0 Å². The topological polar surface area (TPSA) is 72.5 Å². The maximum atomic E-state index is 13.6. The third kappa shape index (κ3) is 4.08. The number of nitrogens with zero attached hydrogens (tertiary/aromatic N) is 2. The molecule has 7 heteroatoms. The quantitative estimate of drug-likeness (QED) is 0.445. The fourth-order valence-corrected chi connectivity index (χ4v) is 6.20. The highest BCUT2D eigenvalue weighted by atomic mass is 32.2. The van der Waals surface area contributed by atoms with Crippen LogP contribution < -0.4 is 0 Å². The van der Waals surface area contributed by atoms with Crippen LogP contribution in [0.25, 0.3) is 22.2 Å². The minimum atomic E-state index is -3.13. The van der Waals surface area contributed by atoms with Gasteiger partial charge in [-0.2, -0.15) is 0 Å². The zero-order valence-electron chi connectivity index (χ0n) is 17.6. The molecule has 1 aliphatic heterocycles. The second-order valence-electron chi connectivity index (χ2n) is 8.20. The Labute approximate surface area is 187 Å². The molecule has 1 atom stereocenters. The Hall–Kier alpha value is -3.32. The van der Waals surface area contributed by atoms with E-state index in [1.165, 1.54) is 0 Å². The Morgan fingerprint density at radius 3 is 2.53 bits per heavy atom. The standard InChI is InChI=1S/C25H24N2O4S/c28-25(26(16-22-10-6-13-31-22)21-12-14-32(29,30)18-21)17-27-23-11-5-4-9-20(23)15-24(27)19-7-2-1-3-8-19/h1-11,13,15,21H,12,14,16-18H2/t21-/m1/s1. The van der Waals surface area contributed by atoms with Crippen LogP contribution in [-0.4, -0.2) is 41.3 Å². The van der Waals surface area contributed by atoms with Crippen molar-refractivity contribution in [2.45, 2.75) is 25.6 Å². The highest BCUT2D eigenvalue weighted by Crippen LogP contribution is 2.29. The molecule has 2 aromatic carbocycles. The van der Waals surface area contributed by atoms with Crippen molar-refractivity contribution >= 4 is 26.6 Å². The number of hydrogen-bond acceptors (Lipinski definition) is 4. The molecule has 3 heterocycles. The lowest BCUT2D eigenvalue weighted by Gasteiger charge is -2.28. The van der Waals surface area contributed by atoms with Gasteiger partial charge in [0.1, 0.15) is 12.3 Å². The highest BCUT2D eigenvalue weighted by Gasteiger charge is 2.35. The van der Waals surface area contributed by atoms with Gasteiger partial charge in [-0.15, -0.1) is 0 Å². The lowest BCUT2D eigenvalue weighted by atomic mass is 10.1. The molecule has 32 heavy (non-hydrogen) atoms. The van der Waals surface area contributed by atoms with E-state index in [0.29, 0.717) is 12.2 Å². The first-order valence-corrected chi connectivity index (χ1v) is 12.5. The third-order valence-corrected chi connectivity index (χ3v) is 7.80.